The summed E-state index contributed by atoms with van der Waals surface area (Å²) >= 11 is 2.20. The van der Waals surface area contributed by atoms with Crippen LogP contribution in [0.1, 0.15) is 58.8 Å². The summed E-state index contributed by atoms with van der Waals surface area (Å²) in [6.07, 6.45) is 10.2. The quantitative estimate of drug-likeness (QED) is 0.833. The fourth-order valence-corrected chi connectivity index (χ4v) is 5.97. The van der Waals surface area contributed by atoms with Gasteiger partial charge in [-0.25, -0.2) is 0 Å². The van der Waals surface area contributed by atoms with E-state index in [1.165, 1.54) is 50.7 Å². The molecule has 0 aromatic heterocycles. The minimum absolute atomic E-state index is 0.806. The molecule has 3 fully saturated rings. The van der Waals surface area contributed by atoms with E-state index in [9.17, 15) is 0 Å². The van der Waals surface area contributed by atoms with Crippen LogP contribution in [-0.2, 0) is 0 Å². The van der Waals surface area contributed by atoms with Crippen molar-refractivity contribution in [2.75, 3.05) is 12.3 Å². The fraction of sp³-hybridized carbons (Fsp3) is 1.00. The van der Waals surface area contributed by atoms with E-state index in [1.807, 2.05) is 0 Å². The molecule has 2 aliphatic heterocycles. The molecular formula is C16H30N2S. The second kappa shape index (κ2) is 6.36. The molecule has 0 spiro atoms. The lowest BCUT2D eigenvalue weighted by atomic mass is 9.95. The smallest absolute Gasteiger partial charge is 0.0116 e. The Kier molecular flexibility index (Phi) is 4.76. The number of nitrogens with one attached hydrogen (secondary N) is 1. The fourth-order valence-electron chi connectivity index (χ4n) is 4.84. The van der Waals surface area contributed by atoms with Crippen LogP contribution >= 0.6 is 11.8 Å². The third kappa shape index (κ3) is 2.98. The Labute approximate surface area is 123 Å². The molecule has 2 saturated heterocycles. The molecule has 0 aromatic rings. The molecule has 3 heteroatoms. The molecular weight excluding hydrogens is 252 g/mol. The van der Waals surface area contributed by atoms with Crippen LogP contribution in [0.3, 0.4) is 0 Å². The monoisotopic (exact) mass is 282 g/mol. The van der Waals surface area contributed by atoms with Gasteiger partial charge in [0.1, 0.15) is 0 Å². The SMILES string of the molecule is CCNC1CC2CCC(C1)N2C1CCC(SCC)C1. The summed E-state index contributed by atoms with van der Waals surface area (Å²) in [4.78, 5) is 2.96. The van der Waals surface area contributed by atoms with Gasteiger partial charge < -0.3 is 5.32 Å². The zero-order chi connectivity index (χ0) is 13.2. The average molecular weight is 282 g/mol. The number of nitrogens with zero attached hydrogens (tertiary/aromatic N) is 1. The van der Waals surface area contributed by atoms with Crippen LogP contribution in [0.2, 0.25) is 0 Å². The van der Waals surface area contributed by atoms with Crippen molar-refractivity contribution in [2.24, 2.45) is 0 Å². The van der Waals surface area contributed by atoms with Crippen LogP contribution in [-0.4, -0.2) is 46.6 Å². The van der Waals surface area contributed by atoms with Gasteiger partial charge in [0.2, 0.25) is 0 Å². The highest BCUT2D eigenvalue weighted by atomic mass is 32.2. The van der Waals surface area contributed by atoms with E-state index in [-0.39, 0.29) is 0 Å². The molecule has 0 radical (unpaired) electrons. The van der Waals surface area contributed by atoms with Crippen molar-refractivity contribution >= 4 is 11.8 Å². The largest absolute Gasteiger partial charge is 0.314 e. The molecule has 4 unspecified atom stereocenters. The second-order valence-corrected chi connectivity index (χ2v) is 8.18. The lowest BCUT2D eigenvalue weighted by Gasteiger charge is -2.43. The number of thioether (sulfide) groups is 1. The maximum atomic E-state index is 3.69. The van der Waals surface area contributed by atoms with Gasteiger partial charge in [-0.2, -0.15) is 11.8 Å². The molecule has 2 nitrogen and oxygen atoms in total. The van der Waals surface area contributed by atoms with E-state index in [1.54, 1.807) is 0 Å². The van der Waals surface area contributed by atoms with Gasteiger partial charge in [0.15, 0.2) is 0 Å². The van der Waals surface area contributed by atoms with Crippen molar-refractivity contribution in [1.82, 2.24) is 10.2 Å². The first-order valence-electron chi connectivity index (χ1n) is 8.44. The van der Waals surface area contributed by atoms with E-state index in [0.29, 0.717) is 0 Å². The topological polar surface area (TPSA) is 15.3 Å². The number of fused-ring (bicyclic) bond motifs is 2. The molecule has 3 rings (SSSR count). The van der Waals surface area contributed by atoms with Gasteiger partial charge in [-0.3, -0.25) is 4.90 Å². The van der Waals surface area contributed by atoms with Crippen molar-refractivity contribution in [3.05, 3.63) is 0 Å². The Morgan fingerprint density at radius 3 is 2.21 bits per heavy atom. The first-order valence-corrected chi connectivity index (χ1v) is 9.49. The molecule has 3 aliphatic rings. The van der Waals surface area contributed by atoms with Crippen molar-refractivity contribution in [2.45, 2.75) is 88.2 Å². The van der Waals surface area contributed by atoms with Crippen molar-refractivity contribution in [3.63, 3.8) is 0 Å². The summed E-state index contributed by atoms with van der Waals surface area (Å²) in [6.45, 7) is 5.70. The summed E-state index contributed by atoms with van der Waals surface area (Å²) < 4.78 is 0. The maximum absolute atomic E-state index is 3.69. The molecule has 1 N–H and O–H groups in total. The predicted molar refractivity (Wildman–Crippen MR) is 84.9 cm³/mol. The average Bonchev–Trinajstić information content (AvgIpc) is 2.93. The number of piperidine rings is 1. The van der Waals surface area contributed by atoms with Gasteiger partial charge in [0, 0.05) is 29.4 Å². The normalized spacial score (nSPS) is 42.9. The number of hydrogen-bond acceptors (Lipinski definition) is 3. The Morgan fingerprint density at radius 2 is 1.58 bits per heavy atom. The highest BCUT2D eigenvalue weighted by Gasteiger charge is 2.45. The van der Waals surface area contributed by atoms with Crippen molar-refractivity contribution in [3.8, 4) is 0 Å². The first-order chi connectivity index (χ1) is 9.31. The highest BCUT2D eigenvalue weighted by molar-refractivity contribution is 7.99. The van der Waals surface area contributed by atoms with E-state index in [0.717, 1.165) is 36.0 Å². The summed E-state index contributed by atoms with van der Waals surface area (Å²) in [5, 5.41) is 4.65. The Morgan fingerprint density at radius 1 is 0.947 bits per heavy atom. The lowest BCUT2D eigenvalue weighted by Crippen LogP contribution is -2.52. The summed E-state index contributed by atoms with van der Waals surface area (Å²) in [5.41, 5.74) is 0. The number of hydrogen-bond donors (Lipinski definition) is 1. The van der Waals surface area contributed by atoms with Crippen molar-refractivity contribution < 1.29 is 0 Å². The summed E-state index contributed by atoms with van der Waals surface area (Å²) in [7, 11) is 0. The van der Waals surface area contributed by atoms with Crippen LogP contribution < -0.4 is 5.32 Å². The third-order valence-electron chi connectivity index (χ3n) is 5.46. The molecule has 19 heavy (non-hydrogen) atoms. The van der Waals surface area contributed by atoms with Crippen molar-refractivity contribution in [1.29, 1.82) is 0 Å². The van der Waals surface area contributed by atoms with Gasteiger partial charge >= 0.3 is 0 Å². The van der Waals surface area contributed by atoms with Crippen LogP contribution in [0, 0.1) is 0 Å². The molecule has 0 aromatic carbocycles. The minimum Gasteiger partial charge on any atom is -0.314 e. The summed E-state index contributed by atoms with van der Waals surface area (Å²) in [5.74, 6) is 1.30. The van der Waals surface area contributed by atoms with Crippen LogP contribution in [0.4, 0.5) is 0 Å². The lowest BCUT2D eigenvalue weighted by molar-refractivity contribution is 0.0728. The molecule has 1 aliphatic carbocycles. The minimum atomic E-state index is 0.806. The Balaban J connectivity index is 1.58. The van der Waals surface area contributed by atoms with E-state index in [2.05, 4.69) is 35.8 Å². The van der Waals surface area contributed by atoms with Crippen LogP contribution in [0.5, 0.6) is 0 Å². The Hall–Kier alpha value is 0.270. The predicted octanol–water partition coefficient (Wildman–Crippen LogP) is 3.27. The molecule has 4 atom stereocenters. The van der Waals surface area contributed by atoms with E-state index >= 15 is 0 Å². The van der Waals surface area contributed by atoms with Crippen LogP contribution in [0.15, 0.2) is 0 Å². The van der Waals surface area contributed by atoms with Gasteiger partial charge in [0.25, 0.3) is 0 Å². The maximum Gasteiger partial charge on any atom is 0.0116 e. The van der Waals surface area contributed by atoms with Crippen LogP contribution in [0.25, 0.3) is 0 Å². The highest BCUT2D eigenvalue weighted by Crippen LogP contribution is 2.42. The molecule has 110 valence electrons. The number of rotatable bonds is 5. The second-order valence-electron chi connectivity index (χ2n) is 6.60. The molecule has 1 saturated carbocycles. The molecule has 2 heterocycles. The molecule has 0 amide bonds. The van der Waals surface area contributed by atoms with Gasteiger partial charge in [0.05, 0.1) is 0 Å². The van der Waals surface area contributed by atoms with Gasteiger partial charge in [-0.15, -0.1) is 0 Å². The summed E-state index contributed by atoms with van der Waals surface area (Å²) in [6, 6.07) is 3.53. The zero-order valence-electron chi connectivity index (χ0n) is 12.6. The van der Waals surface area contributed by atoms with Gasteiger partial charge in [-0.1, -0.05) is 13.8 Å². The third-order valence-corrected chi connectivity index (χ3v) is 6.70. The van der Waals surface area contributed by atoms with E-state index < -0.39 is 0 Å². The van der Waals surface area contributed by atoms with E-state index in [4.69, 9.17) is 0 Å². The van der Waals surface area contributed by atoms with Gasteiger partial charge in [-0.05, 0) is 57.2 Å². The first kappa shape index (κ1) is 14.2. The standard InChI is InChI=1S/C16H30N2S/c1-3-17-12-9-13-5-6-14(10-12)18(13)15-7-8-16(11-15)19-4-2/h12-17H,3-11H2,1-2H3. The Bertz CT molecular complexity index is 282. The zero-order valence-corrected chi connectivity index (χ0v) is 13.4. The molecule has 2 bridgehead atoms.